The molecule has 0 spiro atoms. The number of fused-ring (bicyclic) bond motifs is 1. The van der Waals surface area contributed by atoms with Crippen LogP contribution in [0.25, 0.3) is 16.9 Å². The topological polar surface area (TPSA) is 43.1 Å². The average Bonchev–Trinajstić information content (AvgIpc) is 2.75. The first kappa shape index (κ1) is 8.96. The van der Waals surface area contributed by atoms with E-state index in [2.05, 4.69) is 15.2 Å². The Morgan fingerprint density at radius 1 is 1.12 bits per heavy atom. The molecule has 0 saturated heterocycles. The van der Waals surface area contributed by atoms with E-state index in [0.29, 0.717) is 5.69 Å². The molecule has 16 heavy (non-hydrogen) atoms. The van der Waals surface area contributed by atoms with Gasteiger partial charge in [-0.05, 0) is 24.3 Å². The van der Waals surface area contributed by atoms with Crippen molar-refractivity contribution in [3.05, 3.63) is 48.8 Å². The normalized spacial score (nSPS) is 10.8. The smallest absolute Gasteiger partial charge is 0.213 e. The van der Waals surface area contributed by atoms with E-state index in [4.69, 9.17) is 0 Å². The van der Waals surface area contributed by atoms with Crippen molar-refractivity contribution in [3.63, 3.8) is 0 Å². The standard InChI is InChI=1S/C11H7FN4/c12-10-3-1-2-9(14-10)8-4-5-11-15-13-7-16(11)6-8/h1-7H. The van der Waals surface area contributed by atoms with Gasteiger partial charge in [-0.2, -0.15) is 4.39 Å². The highest BCUT2D eigenvalue weighted by Gasteiger charge is 2.02. The van der Waals surface area contributed by atoms with Gasteiger partial charge >= 0.3 is 0 Å². The van der Waals surface area contributed by atoms with Gasteiger partial charge in [-0.1, -0.05) is 6.07 Å². The van der Waals surface area contributed by atoms with Crippen molar-refractivity contribution >= 4 is 5.65 Å². The van der Waals surface area contributed by atoms with Gasteiger partial charge in [-0.15, -0.1) is 10.2 Å². The van der Waals surface area contributed by atoms with Gasteiger partial charge in [0.1, 0.15) is 6.33 Å². The van der Waals surface area contributed by atoms with Crippen LogP contribution < -0.4 is 0 Å². The highest BCUT2D eigenvalue weighted by atomic mass is 19.1. The molecule has 0 N–H and O–H groups in total. The summed E-state index contributed by atoms with van der Waals surface area (Å²) in [5.41, 5.74) is 2.17. The van der Waals surface area contributed by atoms with Crippen LogP contribution in [-0.2, 0) is 0 Å². The van der Waals surface area contributed by atoms with E-state index in [1.807, 2.05) is 18.3 Å². The van der Waals surface area contributed by atoms with Gasteiger partial charge in [0.2, 0.25) is 5.95 Å². The van der Waals surface area contributed by atoms with Gasteiger partial charge in [0, 0.05) is 11.8 Å². The summed E-state index contributed by atoms with van der Waals surface area (Å²) in [6.07, 6.45) is 3.41. The minimum absolute atomic E-state index is 0.485. The van der Waals surface area contributed by atoms with Gasteiger partial charge in [-0.25, -0.2) is 4.98 Å². The fourth-order valence-corrected chi connectivity index (χ4v) is 1.55. The summed E-state index contributed by atoms with van der Waals surface area (Å²) < 4.78 is 14.7. The molecule has 0 aromatic carbocycles. The first-order valence-corrected chi connectivity index (χ1v) is 4.75. The molecule has 0 aliphatic carbocycles. The van der Waals surface area contributed by atoms with E-state index in [0.717, 1.165) is 11.2 Å². The Morgan fingerprint density at radius 3 is 2.94 bits per heavy atom. The molecule has 0 bridgehead atoms. The maximum absolute atomic E-state index is 13.0. The number of nitrogens with zero attached hydrogens (tertiary/aromatic N) is 4. The number of halogens is 1. The molecular formula is C11H7FN4. The minimum atomic E-state index is -0.485. The largest absolute Gasteiger partial charge is 0.288 e. The Labute approximate surface area is 90.4 Å². The molecule has 3 aromatic heterocycles. The zero-order valence-electron chi connectivity index (χ0n) is 8.21. The van der Waals surface area contributed by atoms with E-state index in [1.54, 1.807) is 22.9 Å². The van der Waals surface area contributed by atoms with Gasteiger partial charge in [-0.3, -0.25) is 4.40 Å². The molecule has 3 heterocycles. The van der Waals surface area contributed by atoms with Crippen LogP contribution in [0.15, 0.2) is 42.9 Å². The minimum Gasteiger partial charge on any atom is -0.288 e. The van der Waals surface area contributed by atoms with Crippen molar-refractivity contribution in [3.8, 4) is 11.3 Å². The zero-order chi connectivity index (χ0) is 11.0. The van der Waals surface area contributed by atoms with Gasteiger partial charge in [0.15, 0.2) is 5.65 Å². The van der Waals surface area contributed by atoms with Crippen LogP contribution in [0.4, 0.5) is 4.39 Å². The number of aromatic nitrogens is 4. The molecule has 0 atom stereocenters. The molecule has 5 heteroatoms. The van der Waals surface area contributed by atoms with Crippen LogP contribution >= 0.6 is 0 Å². The molecule has 3 aromatic rings. The Bertz CT molecular complexity index is 647. The highest BCUT2D eigenvalue weighted by molar-refractivity contribution is 5.60. The number of rotatable bonds is 1. The van der Waals surface area contributed by atoms with Crippen molar-refractivity contribution < 1.29 is 4.39 Å². The number of pyridine rings is 2. The lowest BCUT2D eigenvalue weighted by molar-refractivity contribution is 0.585. The SMILES string of the molecule is Fc1cccc(-c2ccc3nncn3c2)n1. The Balaban J connectivity index is 2.18. The third-order valence-corrected chi connectivity index (χ3v) is 2.30. The Morgan fingerprint density at radius 2 is 2.06 bits per heavy atom. The van der Waals surface area contributed by atoms with Crippen LogP contribution in [0, 0.1) is 5.95 Å². The summed E-state index contributed by atoms with van der Waals surface area (Å²) in [7, 11) is 0. The molecule has 78 valence electrons. The van der Waals surface area contributed by atoms with Crippen molar-refractivity contribution in [1.82, 2.24) is 19.6 Å². The third-order valence-electron chi connectivity index (χ3n) is 2.30. The van der Waals surface area contributed by atoms with Gasteiger partial charge in [0.25, 0.3) is 0 Å². The van der Waals surface area contributed by atoms with Crippen LogP contribution in [0.5, 0.6) is 0 Å². The van der Waals surface area contributed by atoms with Crippen LogP contribution in [-0.4, -0.2) is 19.6 Å². The zero-order valence-corrected chi connectivity index (χ0v) is 8.21. The van der Waals surface area contributed by atoms with Crippen molar-refractivity contribution in [2.45, 2.75) is 0 Å². The second-order valence-corrected chi connectivity index (χ2v) is 3.36. The summed E-state index contributed by atoms with van der Waals surface area (Å²) in [6, 6.07) is 8.37. The second kappa shape index (κ2) is 3.37. The molecule has 0 aliphatic heterocycles. The first-order chi connectivity index (χ1) is 7.83. The lowest BCUT2D eigenvalue weighted by Gasteiger charge is -2.01. The highest BCUT2D eigenvalue weighted by Crippen LogP contribution is 2.17. The first-order valence-electron chi connectivity index (χ1n) is 4.75. The monoisotopic (exact) mass is 214 g/mol. The van der Waals surface area contributed by atoms with Crippen molar-refractivity contribution in [2.75, 3.05) is 0 Å². The fourth-order valence-electron chi connectivity index (χ4n) is 1.55. The van der Waals surface area contributed by atoms with Crippen molar-refractivity contribution in [1.29, 1.82) is 0 Å². The molecular weight excluding hydrogens is 207 g/mol. The Hall–Kier alpha value is -2.30. The fraction of sp³-hybridized carbons (Fsp3) is 0. The van der Waals surface area contributed by atoms with E-state index >= 15 is 0 Å². The maximum Gasteiger partial charge on any atom is 0.213 e. The maximum atomic E-state index is 13.0. The molecule has 0 unspecified atom stereocenters. The van der Waals surface area contributed by atoms with E-state index in [1.165, 1.54) is 6.07 Å². The summed E-state index contributed by atoms with van der Waals surface area (Å²) in [4.78, 5) is 3.81. The summed E-state index contributed by atoms with van der Waals surface area (Å²) in [6.45, 7) is 0. The molecule has 0 amide bonds. The van der Waals surface area contributed by atoms with E-state index in [-0.39, 0.29) is 0 Å². The summed E-state index contributed by atoms with van der Waals surface area (Å²) >= 11 is 0. The molecule has 0 radical (unpaired) electrons. The van der Waals surface area contributed by atoms with Crippen LogP contribution in [0.3, 0.4) is 0 Å². The summed E-state index contributed by atoms with van der Waals surface area (Å²) in [5, 5.41) is 7.66. The second-order valence-electron chi connectivity index (χ2n) is 3.36. The average molecular weight is 214 g/mol. The Kier molecular flexibility index (Phi) is 1.89. The molecule has 4 nitrogen and oxygen atoms in total. The van der Waals surface area contributed by atoms with Crippen LogP contribution in [0.2, 0.25) is 0 Å². The number of hydrogen-bond acceptors (Lipinski definition) is 3. The summed E-state index contributed by atoms with van der Waals surface area (Å²) in [5.74, 6) is -0.485. The lowest BCUT2D eigenvalue weighted by Crippen LogP contribution is -1.89. The van der Waals surface area contributed by atoms with E-state index in [9.17, 15) is 4.39 Å². The van der Waals surface area contributed by atoms with Gasteiger partial charge < -0.3 is 0 Å². The molecule has 3 rings (SSSR count). The molecule has 0 saturated carbocycles. The van der Waals surface area contributed by atoms with Crippen LogP contribution in [0.1, 0.15) is 0 Å². The van der Waals surface area contributed by atoms with Gasteiger partial charge in [0.05, 0.1) is 5.69 Å². The van der Waals surface area contributed by atoms with E-state index < -0.39 is 5.95 Å². The predicted octanol–water partition coefficient (Wildman–Crippen LogP) is 1.93. The molecule has 0 aliphatic rings. The lowest BCUT2D eigenvalue weighted by atomic mass is 10.2. The quantitative estimate of drug-likeness (QED) is 0.581. The third kappa shape index (κ3) is 1.42. The number of hydrogen-bond donors (Lipinski definition) is 0. The van der Waals surface area contributed by atoms with Crippen molar-refractivity contribution in [2.24, 2.45) is 0 Å². The molecule has 0 fully saturated rings. The predicted molar refractivity (Wildman–Crippen MR) is 56.2 cm³/mol.